The molecule has 1 amide bonds. The Hall–Kier alpha value is -4.05. The highest BCUT2D eigenvalue weighted by Crippen LogP contribution is 2.36. The number of halogens is 4. The fourth-order valence-corrected chi connectivity index (χ4v) is 3.18. The number of guanidine groups is 1. The van der Waals surface area contributed by atoms with E-state index >= 15 is 0 Å². The fourth-order valence-electron chi connectivity index (χ4n) is 2.99. The van der Waals surface area contributed by atoms with Gasteiger partial charge in [-0.15, -0.1) is 0 Å². The Balaban J connectivity index is 1.73. The molecule has 1 heterocycles. The van der Waals surface area contributed by atoms with E-state index in [4.69, 9.17) is 16.0 Å². The number of oxazole rings is 1. The molecule has 0 aliphatic heterocycles. The number of carbonyl (C=O) groups is 1. The van der Waals surface area contributed by atoms with Crippen molar-refractivity contribution in [3.63, 3.8) is 0 Å². The summed E-state index contributed by atoms with van der Waals surface area (Å²) >= 11 is 5.92. The van der Waals surface area contributed by atoms with Gasteiger partial charge in [0.1, 0.15) is 0 Å². The maximum atomic E-state index is 13.4. The predicted octanol–water partition coefficient (Wildman–Crippen LogP) is 5.32. The third kappa shape index (κ3) is 5.24. The first kappa shape index (κ1) is 22.2. The van der Waals surface area contributed by atoms with Gasteiger partial charge in [-0.05, 0) is 42.5 Å². The van der Waals surface area contributed by atoms with Gasteiger partial charge in [-0.2, -0.15) is 13.2 Å². The molecule has 33 heavy (non-hydrogen) atoms. The van der Waals surface area contributed by atoms with Crippen LogP contribution in [-0.2, 0) is 6.18 Å². The lowest BCUT2D eigenvalue weighted by Gasteiger charge is -2.14. The lowest BCUT2D eigenvalue weighted by molar-refractivity contribution is -0.137. The molecule has 0 unspecified atom stereocenters. The van der Waals surface area contributed by atoms with Crippen LogP contribution in [0.1, 0.15) is 15.9 Å². The van der Waals surface area contributed by atoms with E-state index in [1.54, 1.807) is 12.1 Å². The van der Waals surface area contributed by atoms with Gasteiger partial charge >= 0.3 is 11.9 Å². The number of carbonyl (C=O) groups excluding carboxylic acids is 1. The zero-order valence-electron chi connectivity index (χ0n) is 16.5. The molecule has 0 saturated carbocycles. The molecule has 0 radical (unpaired) electrons. The van der Waals surface area contributed by atoms with E-state index in [0.717, 1.165) is 6.07 Å². The first-order valence-corrected chi connectivity index (χ1v) is 9.78. The molecule has 1 aromatic heterocycles. The van der Waals surface area contributed by atoms with E-state index in [1.165, 1.54) is 48.5 Å². The SMILES string of the molecule is O=C(NC(=Nc1ccccc1C(F)(F)F)Nc1ccc2[nH]c(=O)oc2c1)c1cccc(Cl)c1. The second-order valence-corrected chi connectivity index (χ2v) is 7.23. The van der Waals surface area contributed by atoms with Gasteiger partial charge in [0.15, 0.2) is 5.58 Å². The molecule has 4 aromatic rings. The zero-order chi connectivity index (χ0) is 23.6. The molecular formula is C22H14ClF3N4O3. The Labute approximate surface area is 188 Å². The zero-order valence-corrected chi connectivity index (χ0v) is 17.3. The lowest BCUT2D eigenvalue weighted by atomic mass is 10.2. The number of aliphatic imine (C=N–C) groups is 1. The van der Waals surface area contributed by atoms with E-state index in [2.05, 4.69) is 20.6 Å². The molecule has 11 heteroatoms. The summed E-state index contributed by atoms with van der Waals surface area (Å²) in [6.07, 6.45) is -4.66. The quantitative estimate of drug-likeness (QED) is 0.276. The molecule has 3 N–H and O–H groups in total. The van der Waals surface area contributed by atoms with Crippen molar-refractivity contribution < 1.29 is 22.4 Å². The monoisotopic (exact) mass is 474 g/mol. The maximum Gasteiger partial charge on any atom is 0.418 e. The topological polar surface area (TPSA) is 99.5 Å². The van der Waals surface area contributed by atoms with Crippen LogP contribution in [-0.4, -0.2) is 16.9 Å². The Morgan fingerprint density at radius 1 is 1.03 bits per heavy atom. The van der Waals surface area contributed by atoms with Crippen molar-refractivity contribution in [1.82, 2.24) is 10.3 Å². The summed E-state index contributed by atoms with van der Waals surface area (Å²) in [5.74, 6) is -1.60. The Morgan fingerprint density at radius 3 is 2.58 bits per heavy atom. The lowest BCUT2D eigenvalue weighted by Crippen LogP contribution is -2.35. The molecule has 0 fully saturated rings. The molecule has 0 aliphatic carbocycles. The molecule has 4 rings (SSSR count). The van der Waals surface area contributed by atoms with Crippen LogP contribution in [0.15, 0.2) is 80.9 Å². The van der Waals surface area contributed by atoms with Crippen LogP contribution >= 0.6 is 11.6 Å². The van der Waals surface area contributed by atoms with Crippen LogP contribution in [0.3, 0.4) is 0 Å². The average molecular weight is 475 g/mol. The van der Waals surface area contributed by atoms with Crippen LogP contribution in [0, 0.1) is 0 Å². The van der Waals surface area contributed by atoms with E-state index < -0.39 is 29.1 Å². The summed E-state index contributed by atoms with van der Waals surface area (Å²) in [4.78, 5) is 30.6. The first-order valence-electron chi connectivity index (χ1n) is 9.41. The number of alkyl halides is 3. The number of anilines is 1. The predicted molar refractivity (Wildman–Crippen MR) is 118 cm³/mol. The third-order valence-corrected chi connectivity index (χ3v) is 4.68. The number of amides is 1. The van der Waals surface area contributed by atoms with Crippen LogP contribution < -0.4 is 16.4 Å². The van der Waals surface area contributed by atoms with Crippen LogP contribution in [0.4, 0.5) is 24.5 Å². The summed E-state index contributed by atoms with van der Waals surface area (Å²) in [6, 6.07) is 15.2. The van der Waals surface area contributed by atoms with Crippen molar-refractivity contribution >= 4 is 45.9 Å². The summed E-state index contributed by atoms with van der Waals surface area (Å²) < 4.78 is 45.3. The normalized spacial score (nSPS) is 12.1. The number of aromatic nitrogens is 1. The van der Waals surface area contributed by atoms with Gasteiger partial charge in [0.25, 0.3) is 5.91 Å². The molecule has 0 spiro atoms. The highest BCUT2D eigenvalue weighted by molar-refractivity contribution is 6.31. The van der Waals surface area contributed by atoms with E-state index in [0.29, 0.717) is 16.2 Å². The highest BCUT2D eigenvalue weighted by atomic mass is 35.5. The number of hydrogen-bond donors (Lipinski definition) is 3. The fraction of sp³-hybridized carbons (Fsp3) is 0.0455. The van der Waals surface area contributed by atoms with Crippen molar-refractivity contribution in [1.29, 1.82) is 0 Å². The summed E-state index contributed by atoms with van der Waals surface area (Å²) in [5.41, 5.74) is -0.273. The van der Waals surface area contributed by atoms with Gasteiger partial charge in [-0.25, -0.2) is 9.79 Å². The summed E-state index contributed by atoms with van der Waals surface area (Å²) in [6.45, 7) is 0. The second-order valence-electron chi connectivity index (χ2n) is 6.79. The van der Waals surface area contributed by atoms with Gasteiger partial charge in [0, 0.05) is 22.3 Å². The van der Waals surface area contributed by atoms with Crippen LogP contribution in [0.5, 0.6) is 0 Å². The average Bonchev–Trinajstić information content (AvgIpc) is 3.12. The number of para-hydroxylation sites is 1. The Morgan fingerprint density at radius 2 is 1.82 bits per heavy atom. The first-order chi connectivity index (χ1) is 15.7. The molecule has 0 bridgehead atoms. The number of nitrogens with zero attached hydrogens (tertiary/aromatic N) is 1. The number of H-pyrrole nitrogens is 1. The van der Waals surface area contributed by atoms with Crippen LogP contribution in [0.25, 0.3) is 11.1 Å². The number of hydrogen-bond acceptors (Lipinski definition) is 4. The maximum absolute atomic E-state index is 13.4. The van der Waals surface area contributed by atoms with Crippen molar-refractivity contribution in [3.05, 3.63) is 93.4 Å². The van der Waals surface area contributed by atoms with Gasteiger partial charge in [0.05, 0.1) is 16.8 Å². The molecule has 168 valence electrons. The molecule has 0 atom stereocenters. The van der Waals surface area contributed by atoms with Gasteiger partial charge < -0.3 is 9.73 Å². The number of aromatic amines is 1. The summed E-state index contributed by atoms with van der Waals surface area (Å²) in [5, 5.41) is 5.54. The van der Waals surface area contributed by atoms with Gasteiger partial charge in [0.2, 0.25) is 5.96 Å². The molecule has 0 aliphatic rings. The van der Waals surface area contributed by atoms with E-state index in [9.17, 15) is 22.8 Å². The largest absolute Gasteiger partial charge is 0.418 e. The third-order valence-electron chi connectivity index (χ3n) is 4.44. The molecule has 3 aromatic carbocycles. The van der Waals surface area contributed by atoms with Crippen molar-refractivity contribution in [3.8, 4) is 0 Å². The minimum absolute atomic E-state index is 0.174. The number of nitrogens with one attached hydrogen (secondary N) is 3. The Kier molecular flexibility index (Phi) is 5.93. The standard InChI is InChI=1S/C22H14ClF3N4O3/c23-13-5-3-4-12(10-13)19(31)30-20(28-16-7-2-1-6-15(16)22(24,25)26)27-14-8-9-17-18(11-14)33-21(32)29-17/h1-11H,(H,29,32)(H2,27,28,30,31). The second kappa shape index (κ2) is 8.83. The molecule has 7 nitrogen and oxygen atoms in total. The van der Waals surface area contributed by atoms with Crippen molar-refractivity contribution in [2.45, 2.75) is 6.18 Å². The Bertz CT molecular complexity index is 1430. The number of benzene rings is 3. The minimum atomic E-state index is -4.66. The summed E-state index contributed by atoms with van der Waals surface area (Å²) in [7, 11) is 0. The van der Waals surface area contributed by atoms with Crippen molar-refractivity contribution in [2.75, 3.05) is 5.32 Å². The number of fused-ring (bicyclic) bond motifs is 1. The van der Waals surface area contributed by atoms with Crippen LogP contribution in [0.2, 0.25) is 5.02 Å². The van der Waals surface area contributed by atoms with E-state index in [1.807, 2.05) is 0 Å². The highest BCUT2D eigenvalue weighted by Gasteiger charge is 2.33. The van der Waals surface area contributed by atoms with Gasteiger partial charge in [-0.1, -0.05) is 29.8 Å². The minimum Gasteiger partial charge on any atom is -0.408 e. The van der Waals surface area contributed by atoms with Gasteiger partial charge in [-0.3, -0.25) is 15.1 Å². The molecular weight excluding hydrogens is 461 g/mol. The number of rotatable bonds is 3. The van der Waals surface area contributed by atoms with E-state index in [-0.39, 0.29) is 17.1 Å². The smallest absolute Gasteiger partial charge is 0.408 e. The van der Waals surface area contributed by atoms with Crippen molar-refractivity contribution in [2.24, 2.45) is 4.99 Å². The molecule has 0 saturated heterocycles.